The highest BCUT2D eigenvalue weighted by Crippen LogP contribution is 2.63. The van der Waals surface area contributed by atoms with E-state index in [4.69, 9.17) is 26.8 Å². The van der Waals surface area contributed by atoms with Crippen LogP contribution in [0.15, 0.2) is 53.4 Å². The van der Waals surface area contributed by atoms with E-state index in [0.29, 0.717) is 18.2 Å². The van der Waals surface area contributed by atoms with Gasteiger partial charge in [0.05, 0.1) is 23.9 Å². The highest BCUT2D eigenvalue weighted by atomic mass is 35.5. The molecule has 27 heavy (non-hydrogen) atoms. The van der Waals surface area contributed by atoms with Crippen molar-refractivity contribution in [3.63, 3.8) is 0 Å². The number of benzene rings is 2. The summed E-state index contributed by atoms with van der Waals surface area (Å²) in [5.74, 6) is 0.486. The third-order valence-corrected chi connectivity index (χ3v) is 7.88. The van der Waals surface area contributed by atoms with E-state index in [2.05, 4.69) is 0 Å². The largest absolute Gasteiger partial charge is 0.497 e. The minimum Gasteiger partial charge on any atom is -0.497 e. The minimum atomic E-state index is -3.60. The molecule has 3 rings (SSSR count). The number of sulfone groups is 1. The van der Waals surface area contributed by atoms with E-state index in [1.54, 1.807) is 31.4 Å². The van der Waals surface area contributed by atoms with Gasteiger partial charge in [0.1, 0.15) is 5.75 Å². The second kappa shape index (κ2) is 7.80. The molecule has 2 aromatic carbocycles. The second-order valence-corrected chi connectivity index (χ2v) is 9.25. The normalized spacial score (nSPS) is 24.6. The van der Waals surface area contributed by atoms with Crippen LogP contribution in [0, 0.1) is 5.41 Å². The lowest BCUT2D eigenvalue weighted by atomic mass is 10.00. The Bertz CT molecular complexity index is 883. The summed E-state index contributed by atoms with van der Waals surface area (Å²) in [5.41, 5.74) is 6.36. The summed E-state index contributed by atoms with van der Waals surface area (Å²) in [6.45, 7) is 2.91. The Labute approximate surface area is 165 Å². The molecular formula is C20H24ClNO4S. The Morgan fingerprint density at radius 3 is 2.26 bits per heavy atom. The monoisotopic (exact) mass is 409 g/mol. The Kier molecular flexibility index (Phi) is 5.82. The van der Waals surface area contributed by atoms with E-state index in [0.717, 1.165) is 11.3 Å². The first-order chi connectivity index (χ1) is 12.9. The van der Waals surface area contributed by atoms with Crippen molar-refractivity contribution in [1.29, 1.82) is 0 Å². The SMILES string of the molecule is CCOC[C@]1(CN)[C@H](c2ccc(OC)cc2)[C@@H]1S(=O)(=O)c1ccc(Cl)cc1. The molecule has 3 atom stereocenters. The molecular weight excluding hydrogens is 386 g/mol. The zero-order valence-corrected chi connectivity index (χ0v) is 17.0. The van der Waals surface area contributed by atoms with Crippen LogP contribution >= 0.6 is 11.6 Å². The number of hydrogen-bond donors (Lipinski definition) is 1. The van der Waals surface area contributed by atoms with Crippen LogP contribution in [-0.2, 0) is 14.6 Å². The average Bonchev–Trinajstić information content (AvgIpc) is 3.37. The van der Waals surface area contributed by atoms with Crippen LogP contribution in [0.1, 0.15) is 18.4 Å². The van der Waals surface area contributed by atoms with Gasteiger partial charge in [0.2, 0.25) is 0 Å². The molecule has 2 N–H and O–H groups in total. The topological polar surface area (TPSA) is 78.6 Å². The summed E-state index contributed by atoms with van der Waals surface area (Å²) in [6.07, 6.45) is 0. The molecule has 1 aliphatic rings. The molecule has 0 saturated heterocycles. The van der Waals surface area contributed by atoms with Crippen LogP contribution in [0.25, 0.3) is 0 Å². The first-order valence-corrected chi connectivity index (χ1v) is 10.7. The van der Waals surface area contributed by atoms with Gasteiger partial charge in [-0.1, -0.05) is 23.7 Å². The zero-order chi connectivity index (χ0) is 19.7. The molecule has 0 aliphatic heterocycles. The molecule has 146 valence electrons. The van der Waals surface area contributed by atoms with Gasteiger partial charge < -0.3 is 15.2 Å². The lowest BCUT2D eigenvalue weighted by Gasteiger charge is -2.16. The molecule has 1 aliphatic carbocycles. The maximum atomic E-state index is 13.4. The van der Waals surface area contributed by atoms with Crippen LogP contribution in [0.4, 0.5) is 0 Å². The number of hydrogen-bond acceptors (Lipinski definition) is 5. The standard InChI is InChI=1S/C20H24ClNO4S/c1-3-26-13-20(12-22)18(14-4-8-16(25-2)9-5-14)19(20)27(23,24)17-10-6-15(21)7-11-17/h4-11,18-19H,3,12-13,22H2,1-2H3/t18-,19+,20-/m1/s1. The van der Waals surface area contributed by atoms with E-state index in [-0.39, 0.29) is 17.4 Å². The summed E-state index contributed by atoms with van der Waals surface area (Å²) >= 11 is 5.92. The summed E-state index contributed by atoms with van der Waals surface area (Å²) < 4.78 is 37.6. The van der Waals surface area contributed by atoms with Crippen LogP contribution < -0.4 is 10.5 Å². The van der Waals surface area contributed by atoms with Crippen LogP contribution in [0.3, 0.4) is 0 Å². The maximum Gasteiger partial charge on any atom is 0.182 e. The molecule has 1 saturated carbocycles. The smallest absolute Gasteiger partial charge is 0.182 e. The van der Waals surface area contributed by atoms with Gasteiger partial charge in [0.15, 0.2) is 9.84 Å². The van der Waals surface area contributed by atoms with E-state index >= 15 is 0 Å². The third-order valence-electron chi connectivity index (χ3n) is 5.29. The first-order valence-electron chi connectivity index (χ1n) is 8.82. The van der Waals surface area contributed by atoms with Gasteiger partial charge in [-0.15, -0.1) is 0 Å². The summed E-state index contributed by atoms with van der Waals surface area (Å²) in [7, 11) is -2.00. The molecule has 0 spiro atoms. The van der Waals surface area contributed by atoms with Crippen LogP contribution in [0.5, 0.6) is 5.75 Å². The number of methoxy groups -OCH3 is 1. The number of ether oxygens (including phenoxy) is 2. The van der Waals surface area contributed by atoms with Crippen molar-refractivity contribution < 1.29 is 17.9 Å². The third kappa shape index (κ3) is 3.59. The van der Waals surface area contributed by atoms with Crippen molar-refractivity contribution in [3.8, 4) is 5.75 Å². The van der Waals surface area contributed by atoms with Crippen molar-refractivity contribution >= 4 is 21.4 Å². The first kappa shape index (κ1) is 20.1. The molecule has 0 amide bonds. The number of nitrogens with two attached hydrogens (primary N) is 1. The Balaban J connectivity index is 2.02. The Morgan fingerprint density at radius 1 is 1.11 bits per heavy atom. The lowest BCUT2D eigenvalue weighted by molar-refractivity contribution is 0.101. The minimum absolute atomic E-state index is 0.223. The van der Waals surface area contributed by atoms with Crippen molar-refractivity contribution in [2.24, 2.45) is 11.1 Å². The number of rotatable bonds is 8. The molecule has 2 aromatic rings. The van der Waals surface area contributed by atoms with Crippen molar-refractivity contribution in [3.05, 3.63) is 59.1 Å². The highest BCUT2D eigenvalue weighted by molar-refractivity contribution is 7.92. The Morgan fingerprint density at radius 2 is 1.74 bits per heavy atom. The van der Waals surface area contributed by atoms with Crippen molar-refractivity contribution in [1.82, 2.24) is 0 Å². The average molecular weight is 410 g/mol. The van der Waals surface area contributed by atoms with Crippen LogP contribution in [-0.4, -0.2) is 40.5 Å². The van der Waals surface area contributed by atoms with Crippen molar-refractivity contribution in [2.45, 2.75) is 23.0 Å². The summed E-state index contributed by atoms with van der Waals surface area (Å²) in [4.78, 5) is 0.252. The van der Waals surface area contributed by atoms with Gasteiger partial charge in [-0.05, 0) is 48.9 Å². The van der Waals surface area contributed by atoms with E-state index in [1.165, 1.54) is 0 Å². The van der Waals surface area contributed by atoms with Gasteiger partial charge >= 0.3 is 0 Å². The fourth-order valence-corrected chi connectivity index (χ4v) is 6.37. The molecule has 0 bridgehead atoms. The fourth-order valence-electron chi connectivity index (χ4n) is 3.80. The van der Waals surface area contributed by atoms with Gasteiger partial charge in [-0.25, -0.2) is 8.42 Å². The van der Waals surface area contributed by atoms with Crippen molar-refractivity contribution in [2.75, 3.05) is 26.9 Å². The number of halogens is 1. The second-order valence-electron chi connectivity index (χ2n) is 6.74. The van der Waals surface area contributed by atoms with Gasteiger partial charge in [0.25, 0.3) is 0 Å². The predicted octanol–water partition coefficient (Wildman–Crippen LogP) is 3.27. The van der Waals surface area contributed by atoms with E-state index < -0.39 is 20.5 Å². The molecule has 5 nitrogen and oxygen atoms in total. The summed E-state index contributed by atoms with van der Waals surface area (Å²) in [6, 6.07) is 13.7. The van der Waals surface area contributed by atoms with E-state index in [1.807, 2.05) is 31.2 Å². The quantitative estimate of drug-likeness (QED) is 0.723. The Hall–Kier alpha value is -1.60. The molecule has 0 unspecified atom stereocenters. The van der Waals surface area contributed by atoms with Crippen LogP contribution in [0.2, 0.25) is 5.02 Å². The molecule has 7 heteroatoms. The zero-order valence-electron chi connectivity index (χ0n) is 15.4. The molecule has 0 heterocycles. The molecule has 0 aromatic heterocycles. The van der Waals surface area contributed by atoms with Gasteiger partial charge in [-0.2, -0.15) is 0 Å². The van der Waals surface area contributed by atoms with E-state index in [9.17, 15) is 8.42 Å². The lowest BCUT2D eigenvalue weighted by Crippen LogP contribution is -2.29. The van der Waals surface area contributed by atoms with Gasteiger partial charge in [-0.3, -0.25) is 0 Å². The highest BCUT2D eigenvalue weighted by Gasteiger charge is 2.70. The maximum absolute atomic E-state index is 13.4. The van der Waals surface area contributed by atoms with Gasteiger partial charge in [0, 0.05) is 29.5 Å². The molecule has 0 radical (unpaired) electrons. The predicted molar refractivity (Wildman–Crippen MR) is 106 cm³/mol. The molecule has 1 fully saturated rings. The fraction of sp³-hybridized carbons (Fsp3) is 0.400. The summed E-state index contributed by atoms with van der Waals surface area (Å²) in [5, 5.41) is -0.146.